The number of rotatable bonds is 10. The molecule has 0 saturated heterocycles. The summed E-state index contributed by atoms with van der Waals surface area (Å²) in [6, 6.07) is 14.9. The minimum absolute atomic E-state index is 0.0924. The Labute approximate surface area is 186 Å². The molecular formula is C26H35N3O2. The molecule has 1 aromatic carbocycles. The molecule has 2 aliphatic carbocycles. The average molecular weight is 422 g/mol. The second kappa shape index (κ2) is 10.2. The maximum Gasteiger partial charge on any atom is 0.242 e. The molecule has 1 heterocycles. The van der Waals surface area contributed by atoms with E-state index in [1.54, 1.807) is 0 Å². The molecule has 0 aliphatic heterocycles. The fourth-order valence-corrected chi connectivity index (χ4v) is 4.73. The molecule has 2 aromatic rings. The first kappa shape index (κ1) is 21.7. The number of benzene rings is 1. The minimum atomic E-state index is 0.0924. The van der Waals surface area contributed by atoms with Crippen LogP contribution in [0.5, 0.6) is 0 Å². The van der Waals surface area contributed by atoms with Gasteiger partial charge in [0.25, 0.3) is 0 Å². The molecule has 166 valence electrons. The molecule has 0 N–H and O–H groups in total. The van der Waals surface area contributed by atoms with Crippen molar-refractivity contribution < 1.29 is 9.59 Å². The van der Waals surface area contributed by atoms with Crippen LogP contribution in [-0.2, 0) is 22.7 Å². The standard InChI is InChI=1S/C26H35N3O2/c1-2-16-28(26(31)22-11-6-7-12-22)20-25(30)29(23-14-15-23)19-24-13-8-17-27(24)18-21-9-4-3-5-10-21/h3-5,8-10,13,17,22-23H,2,6-7,11-12,14-16,18-20H2,1H3. The second-order valence-electron chi connectivity index (χ2n) is 9.11. The first-order chi connectivity index (χ1) is 15.2. The average Bonchev–Trinajstić information content (AvgIpc) is 3.28. The lowest BCUT2D eigenvalue weighted by Crippen LogP contribution is -2.45. The van der Waals surface area contributed by atoms with Crippen LogP contribution in [0.1, 0.15) is 63.1 Å². The van der Waals surface area contributed by atoms with Crippen LogP contribution in [0.2, 0.25) is 0 Å². The van der Waals surface area contributed by atoms with E-state index in [1.807, 2.05) is 15.9 Å². The number of nitrogens with zero attached hydrogens (tertiary/aromatic N) is 3. The number of aromatic nitrogens is 1. The molecule has 0 spiro atoms. The van der Waals surface area contributed by atoms with Gasteiger partial charge in [-0.2, -0.15) is 0 Å². The summed E-state index contributed by atoms with van der Waals surface area (Å²) in [5.74, 6) is 0.405. The second-order valence-corrected chi connectivity index (χ2v) is 9.11. The molecule has 0 unspecified atom stereocenters. The minimum Gasteiger partial charge on any atom is -0.345 e. The smallest absolute Gasteiger partial charge is 0.242 e. The molecular weight excluding hydrogens is 386 g/mol. The molecule has 2 saturated carbocycles. The van der Waals surface area contributed by atoms with Gasteiger partial charge in [-0.3, -0.25) is 9.59 Å². The van der Waals surface area contributed by atoms with Crippen LogP contribution in [-0.4, -0.2) is 45.3 Å². The molecule has 0 atom stereocenters. The summed E-state index contributed by atoms with van der Waals surface area (Å²) in [4.78, 5) is 30.2. The number of carbonyl (C=O) groups is 2. The van der Waals surface area contributed by atoms with Crippen molar-refractivity contribution in [3.8, 4) is 0 Å². The Morgan fingerprint density at radius 1 is 1.00 bits per heavy atom. The highest BCUT2D eigenvalue weighted by Crippen LogP contribution is 2.30. The van der Waals surface area contributed by atoms with Crippen LogP contribution >= 0.6 is 0 Å². The van der Waals surface area contributed by atoms with Crippen LogP contribution in [0.15, 0.2) is 48.7 Å². The molecule has 2 fully saturated rings. The summed E-state index contributed by atoms with van der Waals surface area (Å²) in [6.07, 6.45) is 9.33. The summed E-state index contributed by atoms with van der Waals surface area (Å²) in [6.45, 7) is 4.39. The molecule has 2 amide bonds. The van der Waals surface area contributed by atoms with E-state index in [0.29, 0.717) is 19.1 Å². The van der Waals surface area contributed by atoms with Crippen LogP contribution in [0.3, 0.4) is 0 Å². The van der Waals surface area contributed by atoms with Gasteiger partial charge in [0, 0.05) is 36.9 Å². The van der Waals surface area contributed by atoms with Crippen LogP contribution in [0.25, 0.3) is 0 Å². The predicted octanol–water partition coefficient (Wildman–Crippen LogP) is 4.46. The van der Waals surface area contributed by atoms with E-state index >= 15 is 0 Å². The van der Waals surface area contributed by atoms with Crippen molar-refractivity contribution in [3.05, 3.63) is 59.9 Å². The highest BCUT2D eigenvalue weighted by molar-refractivity contribution is 5.86. The molecule has 5 heteroatoms. The number of amides is 2. The fourth-order valence-electron chi connectivity index (χ4n) is 4.73. The van der Waals surface area contributed by atoms with Crippen molar-refractivity contribution >= 4 is 11.8 Å². The van der Waals surface area contributed by atoms with E-state index in [4.69, 9.17) is 0 Å². The SMILES string of the molecule is CCCN(CC(=O)N(Cc1cccn1Cc1ccccc1)C1CC1)C(=O)C1CCCC1. The van der Waals surface area contributed by atoms with E-state index in [9.17, 15) is 9.59 Å². The van der Waals surface area contributed by atoms with E-state index in [2.05, 4.69) is 54.1 Å². The third kappa shape index (κ3) is 5.57. The molecule has 0 bridgehead atoms. The van der Waals surface area contributed by atoms with Gasteiger partial charge in [0.2, 0.25) is 11.8 Å². The summed E-state index contributed by atoms with van der Waals surface area (Å²) in [5, 5.41) is 0. The van der Waals surface area contributed by atoms with Crippen molar-refractivity contribution in [1.29, 1.82) is 0 Å². The highest BCUT2D eigenvalue weighted by Gasteiger charge is 2.35. The van der Waals surface area contributed by atoms with Crippen LogP contribution < -0.4 is 0 Å². The highest BCUT2D eigenvalue weighted by atomic mass is 16.2. The summed E-state index contributed by atoms with van der Waals surface area (Å²) >= 11 is 0. The maximum atomic E-state index is 13.3. The van der Waals surface area contributed by atoms with Gasteiger partial charge >= 0.3 is 0 Å². The Bertz CT molecular complexity index is 866. The third-order valence-corrected chi connectivity index (χ3v) is 6.60. The van der Waals surface area contributed by atoms with Gasteiger partial charge in [-0.25, -0.2) is 0 Å². The zero-order valence-electron chi connectivity index (χ0n) is 18.7. The van der Waals surface area contributed by atoms with E-state index in [-0.39, 0.29) is 24.3 Å². The first-order valence-corrected chi connectivity index (χ1v) is 11.9. The third-order valence-electron chi connectivity index (χ3n) is 6.60. The summed E-state index contributed by atoms with van der Waals surface area (Å²) < 4.78 is 2.23. The van der Waals surface area contributed by atoms with Crippen LogP contribution in [0.4, 0.5) is 0 Å². The quantitative estimate of drug-likeness (QED) is 0.569. The molecule has 2 aliphatic rings. The number of carbonyl (C=O) groups excluding carboxylic acids is 2. The lowest BCUT2D eigenvalue weighted by atomic mass is 10.1. The lowest BCUT2D eigenvalue weighted by molar-refractivity contribution is -0.143. The predicted molar refractivity (Wildman–Crippen MR) is 122 cm³/mol. The van der Waals surface area contributed by atoms with Crippen molar-refractivity contribution in [2.24, 2.45) is 5.92 Å². The molecule has 1 aromatic heterocycles. The molecule has 4 rings (SSSR count). The fraction of sp³-hybridized carbons (Fsp3) is 0.538. The summed E-state index contributed by atoms with van der Waals surface area (Å²) in [5.41, 5.74) is 2.40. The summed E-state index contributed by atoms with van der Waals surface area (Å²) in [7, 11) is 0. The molecule has 31 heavy (non-hydrogen) atoms. The van der Waals surface area contributed by atoms with E-state index < -0.39 is 0 Å². The normalized spacial score (nSPS) is 16.4. The van der Waals surface area contributed by atoms with Crippen molar-refractivity contribution in [2.45, 2.75) is 71.0 Å². The van der Waals surface area contributed by atoms with Crippen LogP contribution in [0, 0.1) is 5.92 Å². The largest absolute Gasteiger partial charge is 0.345 e. The van der Waals surface area contributed by atoms with Gasteiger partial charge in [-0.15, -0.1) is 0 Å². The molecule has 0 radical (unpaired) electrons. The van der Waals surface area contributed by atoms with Crippen molar-refractivity contribution in [1.82, 2.24) is 14.4 Å². The zero-order valence-corrected chi connectivity index (χ0v) is 18.7. The molecule has 5 nitrogen and oxygen atoms in total. The Morgan fingerprint density at radius 3 is 2.42 bits per heavy atom. The van der Waals surface area contributed by atoms with E-state index in [1.165, 1.54) is 5.56 Å². The Kier molecular flexibility index (Phi) is 7.10. The lowest BCUT2D eigenvalue weighted by Gasteiger charge is -2.29. The van der Waals surface area contributed by atoms with Gasteiger partial charge in [0.1, 0.15) is 0 Å². The number of hydrogen-bond acceptors (Lipinski definition) is 2. The topological polar surface area (TPSA) is 45.6 Å². The van der Waals surface area contributed by atoms with Crippen molar-refractivity contribution in [2.75, 3.05) is 13.1 Å². The maximum absolute atomic E-state index is 13.3. The van der Waals surface area contributed by atoms with Gasteiger partial charge in [0.15, 0.2) is 0 Å². The number of hydrogen-bond donors (Lipinski definition) is 0. The van der Waals surface area contributed by atoms with Gasteiger partial charge < -0.3 is 14.4 Å². The Morgan fingerprint density at radius 2 is 1.74 bits per heavy atom. The van der Waals surface area contributed by atoms with Crippen molar-refractivity contribution in [3.63, 3.8) is 0 Å². The first-order valence-electron chi connectivity index (χ1n) is 11.9. The van der Waals surface area contributed by atoms with Gasteiger partial charge in [0.05, 0.1) is 13.1 Å². The Balaban J connectivity index is 1.43. The van der Waals surface area contributed by atoms with E-state index in [0.717, 1.165) is 57.2 Å². The Hall–Kier alpha value is -2.56. The van der Waals surface area contributed by atoms with Gasteiger partial charge in [-0.1, -0.05) is 50.1 Å². The zero-order chi connectivity index (χ0) is 21.6. The van der Waals surface area contributed by atoms with Gasteiger partial charge in [-0.05, 0) is 49.8 Å². The monoisotopic (exact) mass is 421 g/mol.